The highest BCUT2D eigenvalue weighted by Crippen LogP contribution is 2.36. The number of hydrogen-bond acceptors (Lipinski definition) is 12. The number of hydrogen-bond donors (Lipinski definition) is 0. The zero-order valence-electron chi connectivity index (χ0n) is 28.2. The first-order valence-corrected chi connectivity index (χ1v) is 14.5. The number of rotatable bonds is 5. The van der Waals surface area contributed by atoms with Crippen LogP contribution in [-0.4, -0.2) is 105 Å². The molecule has 0 radical (unpaired) electrons. The van der Waals surface area contributed by atoms with Gasteiger partial charge in [0.1, 0.15) is 22.6 Å². The van der Waals surface area contributed by atoms with E-state index in [0.29, 0.717) is 37.8 Å². The molecule has 1 amide bonds. The van der Waals surface area contributed by atoms with Crippen LogP contribution in [0.5, 0.6) is 17.2 Å². The summed E-state index contributed by atoms with van der Waals surface area (Å²) in [5.41, 5.74) is -0.907. The van der Waals surface area contributed by atoms with Crippen molar-refractivity contribution in [1.82, 2.24) is 9.80 Å². The van der Waals surface area contributed by atoms with E-state index in [2.05, 4.69) is 9.64 Å². The number of carbonyl (C=O) groups is 3. The summed E-state index contributed by atoms with van der Waals surface area (Å²) in [6.45, 7) is 18.7. The van der Waals surface area contributed by atoms with Gasteiger partial charge in [0.2, 0.25) is 0 Å². The van der Waals surface area contributed by atoms with E-state index in [1.54, 1.807) is 62.9 Å². The van der Waals surface area contributed by atoms with E-state index < -0.39 is 29.1 Å². The highest BCUT2D eigenvalue weighted by Gasteiger charge is 2.44. The zero-order valence-corrected chi connectivity index (χ0v) is 28.2. The Balaban J connectivity index is 0.000000382. The maximum absolute atomic E-state index is 12.7. The Bertz CT molecular complexity index is 1110. The van der Waals surface area contributed by atoms with Gasteiger partial charge in [-0.1, -0.05) is 0 Å². The molecular formula is C31H50N2O11. The van der Waals surface area contributed by atoms with Crippen LogP contribution in [0.3, 0.4) is 0 Å². The molecule has 0 aliphatic carbocycles. The first-order chi connectivity index (χ1) is 20.3. The summed E-state index contributed by atoms with van der Waals surface area (Å²) in [5, 5.41) is 0. The largest absolute Gasteiger partial charge is 0.519 e. The average Bonchev–Trinajstić information content (AvgIpc) is 3.36. The van der Waals surface area contributed by atoms with Gasteiger partial charge in [0, 0.05) is 31.3 Å². The number of methoxy groups -OCH3 is 3. The number of fused-ring (bicyclic) bond motifs is 1. The van der Waals surface area contributed by atoms with E-state index >= 15 is 0 Å². The third-order valence-electron chi connectivity index (χ3n) is 6.25. The summed E-state index contributed by atoms with van der Waals surface area (Å²) >= 11 is 0. The molecule has 0 aromatic heterocycles. The molecule has 1 aromatic carbocycles. The highest BCUT2D eigenvalue weighted by atomic mass is 16.8. The Morgan fingerprint density at radius 1 is 0.705 bits per heavy atom. The van der Waals surface area contributed by atoms with E-state index in [1.807, 2.05) is 37.8 Å². The topological polar surface area (TPSA) is 132 Å². The van der Waals surface area contributed by atoms with Crippen LogP contribution >= 0.6 is 0 Å². The number of amides is 1. The van der Waals surface area contributed by atoms with Gasteiger partial charge in [-0.15, -0.1) is 0 Å². The second-order valence-electron chi connectivity index (χ2n) is 13.4. The number of carbonyl (C=O) groups excluding carboxylic acids is 3. The van der Waals surface area contributed by atoms with Crippen molar-refractivity contribution in [3.63, 3.8) is 0 Å². The number of ether oxygens (including phenoxy) is 8. The summed E-state index contributed by atoms with van der Waals surface area (Å²) < 4.78 is 41.5. The van der Waals surface area contributed by atoms with E-state index in [-0.39, 0.29) is 18.2 Å². The maximum atomic E-state index is 12.7. The van der Waals surface area contributed by atoms with Crippen LogP contribution in [0.1, 0.15) is 67.9 Å². The minimum absolute atomic E-state index is 0.0234. The highest BCUT2D eigenvalue weighted by molar-refractivity contribution is 5.77. The monoisotopic (exact) mass is 626 g/mol. The Morgan fingerprint density at radius 3 is 1.66 bits per heavy atom. The summed E-state index contributed by atoms with van der Waals surface area (Å²) in [4.78, 5) is 38.8. The van der Waals surface area contributed by atoms with Gasteiger partial charge in [0.05, 0.1) is 46.6 Å². The third-order valence-corrected chi connectivity index (χ3v) is 6.25. The molecular weight excluding hydrogens is 576 g/mol. The van der Waals surface area contributed by atoms with E-state index in [1.165, 1.54) is 0 Å². The molecule has 1 aromatic rings. The zero-order chi connectivity index (χ0) is 33.5. The lowest BCUT2D eigenvalue weighted by molar-refractivity contribution is -0.0294. The van der Waals surface area contributed by atoms with Crippen LogP contribution in [0.4, 0.5) is 14.4 Å². The van der Waals surface area contributed by atoms with Crippen molar-refractivity contribution in [2.75, 3.05) is 47.6 Å². The minimum atomic E-state index is -1.06. The van der Waals surface area contributed by atoms with Crippen LogP contribution < -0.4 is 14.2 Å². The fraction of sp³-hybridized carbons (Fsp3) is 0.710. The first-order valence-electron chi connectivity index (χ1n) is 14.5. The lowest BCUT2D eigenvalue weighted by atomic mass is 10.0. The summed E-state index contributed by atoms with van der Waals surface area (Å²) in [5.74, 6) is 2.03. The maximum Gasteiger partial charge on any atom is 0.519 e. The second kappa shape index (κ2) is 15.0. The molecule has 0 N–H and O–H groups in total. The van der Waals surface area contributed by atoms with Crippen molar-refractivity contribution < 1.29 is 52.3 Å². The van der Waals surface area contributed by atoms with E-state index in [9.17, 15) is 14.4 Å². The predicted octanol–water partition coefficient (Wildman–Crippen LogP) is 5.41. The first kappa shape index (κ1) is 36.7. The van der Waals surface area contributed by atoms with Crippen molar-refractivity contribution >= 4 is 18.4 Å². The lowest BCUT2D eigenvalue weighted by Crippen LogP contribution is -2.60. The molecule has 2 fully saturated rings. The van der Waals surface area contributed by atoms with Gasteiger partial charge >= 0.3 is 18.4 Å². The molecule has 2 aliphatic heterocycles. The molecule has 44 heavy (non-hydrogen) atoms. The molecule has 0 spiro atoms. The normalized spacial score (nSPS) is 18.7. The quantitative estimate of drug-likeness (QED) is 0.235. The molecule has 13 nitrogen and oxygen atoms in total. The van der Waals surface area contributed by atoms with Crippen molar-refractivity contribution in [1.29, 1.82) is 0 Å². The van der Waals surface area contributed by atoms with Gasteiger partial charge in [-0.2, -0.15) is 0 Å². The fourth-order valence-corrected chi connectivity index (χ4v) is 4.53. The number of benzene rings is 1. The molecule has 2 aliphatic rings. The third kappa shape index (κ3) is 11.6. The van der Waals surface area contributed by atoms with Crippen LogP contribution in [0.2, 0.25) is 0 Å². The Morgan fingerprint density at radius 2 is 1.18 bits per heavy atom. The average molecular weight is 627 g/mol. The van der Waals surface area contributed by atoms with Gasteiger partial charge in [0.15, 0.2) is 11.5 Å². The Hall–Kier alpha value is -3.45. The molecule has 13 heteroatoms. The predicted molar refractivity (Wildman–Crippen MR) is 161 cm³/mol. The van der Waals surface area contributed by atoms with Crippen molar-refractivity contribution in [2.45, 2.75) is 97.7 Å². The minimum Gasteiger partial charge on any atom is -0.496 e. The van der Waals surface area contributed by atoms with Crippen LogP contribution in [0.25, 0.3) is 0 Å². The van der Waals surface area contributed by atoms with E-state index in [0.717, 1.165) is 17.9 Å². The van der Waals surface area contributed by atoms with Gasteiger partial charge < -0.3 is 37.9 Å². The van der Waals surface area contributed by atoms with Gasteiger partial charge in [-0.3, -0.25) is 9.80 Å². The molecule has 0 saturated carbocycles. The number of nitrogens with zero attached hydrogens (tertiary/aromatic N) is 2. The smallest absolute Gasteiger partial charge is 0.496 e. The van der Waals surface area contributed by atoms with Crippen molar-refractivity contribution in [3.8, 4) is 17.2 Å². The standard InChI is InChI=1S/C21H32N2O6.C10H18O5/c1-21(2,3)29-20(24)23-8-7-22(15-12-28-13-16(15)23)11-14-9-18(26-5)19(27-6)10-17(14)25-4;1-9(2,3)14-7(11)13-8(12)15-10(4,5)6/h9-10,15-16H,7-8,11-13H2,1-6H3;1-6H3/t15-,16+;/m1./s1. The summed E-state index contributed by atoms with van der Waals surface area (Å²) in [7, 11) is 4.87. The van der Waals surface area contributed by atoms with Crippen LogP contribution in [0, 0.1) is 0 Å². The molecule has 250 valence electrons. The van der Waals surface area contributed by atoms with Gasteiger partial charge in [0.25, 0.3) is 0 Å². The molecule has 0 bridgehead atoms. The SMILES string of the molecule is CC(C)(C)OC(=O)OC(=O)OC(C)(C)C.COc1cc(OC)c(OC)cc1CN1CCN(C(=O)OC(C)(C)C)[C@H]2COC[C@H]21. The molecule has 3 rings (SSSR count). The van der Waals surface area contributed by atoms with Gasteiger partial charge in [-0.25, -0.2) is 14.4 Å². The van der Waals surface area contributed by atoms with Crippen LogP contribution in [0.15, 0.2) is 12.1 Å². The Labute approximate surface area is 260 Å². The van der Waals surface area contributed by atoms with E-state index in [4.69, 9.17) is 33.2 Å². The second-order valence-corrected chi connectivity index (χ2v) is 13.4. The van der Waals surface area contributed by atoms with Crippen molar-refractivity contribution in [3.05, 3.63) is 17.7 Å². The summed E-state index contributed by atoms with van der Waals surface area (Å²) in [6.07, 6.45) is -2.39. The molecule has 0 unspecified atom stereocenters. The van der Waals surface area contributed by atoms with Gasteiger partial charge in [-0.05, 0) is 68.4 Å². The fourth-order valence-electron chi connectivity index (χ4n) is 4.53. The molecule has 2 heterocycles. The van der Waals surface area contributed by atoms with Crippen molar-refractivity contribution in [2.24, 2.45) is 0 Å². The van der Waals surface area contributed by atoms with Crippen LogP contribution in [-0.2, 0) is 30.2 Å². The lowest BCUT2D eigenvalue weighted by Gasteiger charge is -2.43. The summed E-state index contributed by atoms with van der Waals surface area (Å²) in [6, 6.07) is 3.87. The molecule has 2 atom stereocenters. The number of piperazine rings is 1. The Kier molecular flexibility index (Phi) is 12.5. The molecule has 2 saturated heterocycles.